The van der Waals surface area contributed by atoms with E-state index < -0.39 is 11.9 Å². The number of carbonyl (C=O) groups is 2. The van der Waals surface area contributed by atoms with Gasteiger partial charge in [-0.15, -0.1) is 0 Å². The van der Waals surface area contributed by atoms with E-state index in [0.717, 1.165) is 37.7 Å². The quantitative estimate of drug-likeness (QED) is 0.340. The van der Waals surface area contributed by atoms with Crippen LogP contribution >= 0.6 is 0 Å². The van der Waals surface area contributed by atoms with Crippen molar-refractivity contribution in [2.45, 2.75) is 72.0 Å². The first-order valence-electron chi connectivity index (χ1n) is 7.05. The maximum absolute atomic E-state index is 12.1. The number of hydrogen-bond donors (Lipinski definition) is 0. The molecule has 0 bridgehead atoms. The zero-order chi connectivity index (χ0) is 14.4. The second-order valence-electron chi connectivity index (χ2n) is 5.45. The van der Waals surface area contributed by atoms with Crippen molar-refractivity contribution in [1.82, 2.24) is 0 Å². The van der Waals surface area contributed by atoms with Gasteiger partial charge in [0, 0.05) is 0 Å². The van der Waals surface area contributed by atoms with Crippen molar-refractivity contribution in [1.29, 1.82) is 0 Å². The van der Waals surface area contributed by atoms with Gasteiger partial charge in [-0.25, -0.2) is 9.59 Å². The van der Waals surface area contributed by atoms with E-state index in [1.807, 2.05) is 0 Å². The zero-order valence-corrected chi connectivity index (χ0v) is 12.3. The second kappa shape index (κ2) is 7.31. The third kappa shape index (κ3) is 5.05. The molecule has 4 heteroatoms. The van der Waals surface area contributed by atoms with E-state index in [1.165, 1.54) is 0 Å². The van der Waals surface area contributed by atoms with E-state index in [9.17, 15) is 9.59 Å². The van der Waals surface area contributed by atoms with Crippen LogP contribution in [-0.4, -0.2) is 24.1 Å². The normalized spacial score (nSPS) is 15.6. The van der Waals surface area contributed by atoms with Crippen molar-refractivity contribution >= 4 is 11.9 Å². The largest absolute Gasteiger partial charge is 0.459 e. The maximum Gasteiger partial charge on any atom is 0.345 e. The summed E-state index contributed by atoms with van der Waals surface area (Å²) < 4.78 is 10.3. The van der Waals surface area contributed by atoms with Crippen LogP contribution in [0.4, 0.5) is 0 Å². The summed E-state index contributed by atoms with van der Waals surface area (Å²) in [5, 5.41) is 0. The van der Waals surface area contributed by atoms with Crippen LogP contribution in [-0.2, 0) is 19.1 Å². The van der Waals surface area contributed by atoms with E-state index in [-0.39, 0.29) is 17.8 Å². The number of carbonyl (C=O) groups excluding carboxylic acids is 2. The van der Waals surface area contributed by atoms with E-state index in [0.29, 0.717) is 0 Å². The van der Waals surface area contributed by atoms with Crippen molar-refractivity contribution < 1.29 is 19.1 Å². The summed E-state index contributed by atoms with van der Waals surface area (Å²) in [5.74, 6) is -1.09. The van der Waals surface area contributed by atoms with Crippen molar-refractivity contribution in [3.8, 4) is 0 Å². The Kier molecular flexibility index (Phi) is 6.06. The van der Waals surface area contributed by atoms with Crippen LogP contribution in [0.2, 0.25) is 0 Å². The Morgan fingerprint density at radius 3 is 1.63 bits per heavy atom. The molecule has 108 valence electrons. The van der Waals surface area contributed by atoms with Gasteiger partial charge in [0.15, 0.2) is 0 Å². The van der Waals surface area contributed by atoms with Crippen LogP contribution in [0, 0.1) is 0 Å². The lowest BCUT2D eigenvalue weighted by molar-refractivity contribution is -0.151. The van der Waals surface area contributed by atoms with Gasteiger partial charge in [-0.3, -0.25) is 0 Å². The van der Waals surface area contributed by atoms with Gasteiger partial charge in [-0.2, -0.15) is 0 Å². The Morgan fingerprint density at radius 1 is 0.842 bits per heavy atom. The molecule has 4 nitrogen and oxygen atoms in total. The standard InChI is InChI=1S/C15H24O4/c1-10(2)18-14(16)13(15(17)19-11(3)4)12-8-6-5-7-9-12/h10-11H,5-9H2,1-4H3. The molecule has 0 aromatic rings. The number of ether oxygens (including phenoxy) is 2. The first-order valence-corrected chi connectivity index (χ1v) is 7.05. The van der Waals surface area contributed by atoms with E-state index >= 15 is 0 Å². The van der Waals surface area contributed by atoms with Gasteiger partial charge in [-0.1, -0.05) is 6.42 Å². The molecule has 1 aliphatic carbocycles. The molecule has 1 fully saturated rings. The number of allylic oxidation sites excluding steroid dienone is 1. The van der Waals surface area contributed by atoms with Gasteiger partial charge >= 0.3 is 11.9 Å². The number of esters is 2. The van der Waals surface area contributed by atoms with Crippen LogP contribution in [0.15, 0.2) is 11.1 Å². The van der Waals surface area contributed by atoms with E-state index in [1.54, 1.807) is 27.7 Å². The molecule has 0 saturated heterocycles. The molecule has 0 atom stereocenters. The van der Waals surface area contributed by atoms with Crippen molar-refractivity contribution in [2.24, 2.45) is 0 Å². The molecule has 0 radical (unpaired) electrons. The van der Waals surface area contributed by atoms with Gasteiger partial charge < -0.3 is 9.47 Å². The first kappa shape index (κ1) is 15.7. The Morgan fingerprint density at radius 2 is 1.26 bits per heavy atom. The SMILES string of the molecule is CC(C)OC(=O)C(C(=O)OC(C)C)=C1CCCCC1. The Labute approximate surface area is 115 Å². The lowest BCUT2D eigenvalue weighted by atomic mass is 9.91. The summed E-state index contributed by atoms with van der Waals surface area (Å²) in [5.41, 5.74) is 1.02. The molecule has 0 heterocycles. The van der Waals surface area contributed by atoms with E-state index in [4.69, 9.17) is 9.47 Å². The van der Waals surface area contributed by atoms with Crippen LogP contribution in [0.1, 0.15) is 59.8 Å². The molecule has 0 aromatic heterocycles. The Hall–Kier alpha value is -1.32. The lowest BCUT2D eigenvalue weighted by Crippen LogP contribution is -2.25. The third-order valence-electron chi connectivity index (χ3n) is 2.90. The topological polar surface area (TPSA) is 52.6 Å². The van der Waals surface area contributed by atoms with Gasteiger partial charge in [0.2, 0.25) is 0 Å². The predicted octanol–water partition coefficient (Wildman–Crippen LogP) is 3.15. The molecule has 0 spiro atoms. The van der Waals surface area contributed by atoms with Crippen LogP contribution in [0.5, 0.6) is 0 Å². The Balaban J connectivity index is 2.96. The van der Waals surface area contributed by atoms with Gasteiger partial charge in [0.25, 0.3) is 0 Å². The fourth-order valence-corrected chi connectivity index (χ4v) is 2.15. The highest BCUT2D eigenvalue weighted by Crippen LogP contribution is 2.27. The summed E-state index contributed by atoms with van der Waals surface area (Å²) in [7, 11) is 0. The summed E-state index contributed by atoms with van der Waals surface area (Å²) in [6.45, 7) is 7.09. The molecule has 19 heavy (non-hydrogen) atoms. The molecule has 0 unspecified atom stereocenters. The third-order valence-corrected chi connectivity index (χ3v) is 2.90. The fourth-order valence-electron chi connectivity index (χ4n) is 2.15. The molecule has 0 aliphatic heterocycles. The molecule has 1 rings (SSSR count). The summed E-state index contributed by atoms with van der Waals surface area (Å²) in [6.07, 6.45) is 4.28. The fraction of sp³-hybridized carbons (Fsp3) is 0.733. The van der Waals surface area contributed by atoms with E-state index in [2.05, 4.69) is 0 Å². The average molecular weight is 268 g/mol. The number of rotatable bonds is 4. The lowest BCUT2D eigenvalue weighted by Gasteiger charge is -2.19. The summed E-state index contributed by atoms with van der Waals surface area (Å²) in [6, 6.07) is 0. The van der Waals surface area contributed by atoms with Gasteiger partial charge in [0.05, 0.1) is 12.2 Å². The minimum absolute atomic E-state index is 0.127. The monoisotopic (exact) mass is 268 g/mol. The number of hydrogen-bond acceptors (Lipinski definition) is 4. The first-order chi connectivity index (χ1) is 8.91. The second-order valence-corrected chi connectivity index (χ2v) is 5.45. The zero-order valence-electron chi connectivity index (χ0n) is 12.3. The van der Waals surface area contributed by atoms with Crippen molar-refractivity contribution in [3.05, 3.63) is 11.1 Å². The molecule has 0 amide bonds. The summed E-state index contributed by atoms with van der Waals surface area (Å²) in [4.78, 5) is 24.2. The van der Waals surface area contributed by atoms with Crippen molar-refractivity contribution in [2.75, 3.05) is 0 Å². The van der Waals surface area contributed by atoms with Gasteiger partial charge in [0.1, 0.15) is 5.57 Å². The minimum atomic E-state index is -0.544. The Bertz CT molecular complexity index is 334. The molecule has 0 aromatic carbocycles. The molecular formula is C15H24O4. The predicted molar refractivity (Wildman–Crippen MR) is 72.6 cm³/mol. The highest BCUT2D eigenvalue weighted by molar-refractivity contribution is 6.14. The highest BCUT2D eigenvalue weighted by atomic mass is 16.6. The highest BCUT2D eigenvalue weighted by Gasteiger charge is 2.28. The average Bonchev–Trinajstić information content (AvgIpc) is 2.28. The molecule has 0 N–H and O–H groups in total. The summed E-state index contributed by atoms with van der Waals surface area (Å²) >= 11 is 0. The van der Waals surface area contributed by atoms with Crippen LogP contribution in [0.25, 0.3) is 0 Å². The minimum Gasteiger partial charge on any atom is -0.459 e. The van der Waals surface area contributed by atoms with Crippen molar-refractivity contribution in [3.63, 3.8) is 0 Å². The van der Waals surface area contributed by atoms with Gasteiger partial charge in [-0.05, 0) is 59.0 Å². The van der Waals surface area contributed by atoms with Crippen LogP contribution in [0.3, 0.4) is 0 Å². The smallest absolute Gasteiger partial charge is 0.345 e. The molecular weight excluding hydrogens is 244 g/mol. The maximum atomic E-state index is 12.1. The van der Waals surface area contributed by atoms with Crippen LogP contribution < -0.4 is 0 Å². The molecule has 1 aliphatic rings. The molecule has 1 saturated carbocycles.